The number of aromatic carboxylic acids is 1. The normalized spacial score (nSPS) is 8.29. The van der Waals surface area contributed by atoms with Gasteiger partial charge in [0.25, 0.3) is 0 Å². The number of nitrogens with one attached hydrogen (secondary N) is 1. The van der Waals surface area contributed by atoms with E-state index in [-0.39, 0.29) is 5.69 Å². The van der Waals surface area contributed by atoms with E-state index in [1.54, 1.807) is 0 Å². The van der Waals surface area contributed by atoms with Crippen LogP contribution in [0.2, 0.25) is 0 Å². The molecule has 0 atom stereocenters. The molecule has 0 aliphatic heterocycles. The molecular formula is C5H5N3O6. The number of carboxylic acids is 3. The van der Waals surface area contributed by atoms with Crippen molar-refractivity contribution in [1.82, 2.24) is 15.4 Å². The molecule has 76 valence electrons. The molecule has 0 amide bonds. The molecular weight excluding hydrogens is 198 g/mol. The van der Waals surface area contributed by atoms with Crippen LogP contribution in [0, 0.1) is 0 Å². The first-order valence-electron chi connectivity index (χ1n) is 3.01. The molecule has 4 N–H and O–H groups in total. The number of aromatic amines is 1. The van der Waals surface area contributed by atoms with Crippen molar-refractivity contribution >= 4 is 17.9 Å². The summed E-state index contributed by atoms with van der Waals surface area (Å²) in [6, 6.07) is 0. The quantitative estimate of drug-likeness (QED) is 0.409. The molecule has 0 saturated heterocycles. The second-order valence-electron chi connectivity index (χ2n) is 1.77. The van der Waals surface area contributed by atoms with E-state index in [4.69, 9.17) is 24.9 Å². The fraction of sp³-hybridized carbons (Fsp3) is 0. The summed E-state index contributed by atoms with van der Waals surface area (Å²) in [6.45, 7) is 0. The largest absolute Gasteiger partial charge is 0.476 e. The molecule has 9 heteroatoms. The van der Waals surface area contributed by atoms with Gasteiger partial charge in [0.2, 0.25) is 0 Å². The Morgan fingerprint density at radius 3 is 1.79 bits per heavy atom. The fourth-order valence-electron chi connectivity index (χ4n) is 0.306. The van der Waals surface area contributed by atoms with Crippen molar-refractivity contribution < 1.29 is 29.7 Å². The number of rotatable bonds is 1. The SMILES string of the molecule is O=C(O)C(=O)O.O=C(O)c1c[nH]nn1. The van der Waals surface area contributed by atoms with Crippen LogP contribution in [0.4, 0.5) is 0 Å². The van der Waals surface area contributed by atoms with Crippen LogP contribution in [0.25, 0.3) is 0 Å². The molecule has 14 heavy (non-hydrogen) atoms. The van der Waals surface area contributed by atoms with Gasteiger partial charge in [-0.3, -0.25) is 5.10 Å². The highest BCUT2D eigenvalue weighted by Crippen LogP contribution is 1.84. The Bertz CT molecular complexity index is 319. The number of carboxylic acid groups (broad SMARTS) is 3. The second-order valence-corrected chi connectivity index (χ2v) is 1.77. The van der Waals surface area contributed by atoms with E-state index in [0.29, 0.717) is 0 Å². The van der Waals surface area contributed by atoms with Crippen molar-refractivity contribution in [3.8, 4) is 0 Å². The molecule has 0 aromatic carbocycles. The van der Waals surface area contributed by atoms with Gasteiger partial charge in [-0.1, -0.05) is 5.21 Å². The minimum atomic E-state index is -1.82. The van der Waals surface area contributed by atoms with E-state index in [2.05, 4.69) is 15.4 Å². The molecule has 1 rings (SSSR count). The van der Waals surface area contributed by atoms with Gasteiger partial charge in [0.1, 0.15) is 0 Å². The highest BCUT2D eigenvalue weighted by molar-refractivity contribution is 6.27. The molecule has 1 aromatic rings. The number of hydrogen-bond acceptors (Lipinski definition) is 5. The Balaban J connectivity index is 0.000000255. The third-order valence-corrected chi connectivity index (χ3v) is 0.819. The van der Waals surface area contributed by atoms with Crippen LogP contribution >= 0.6 is 0 Å². The summed E-state index contributed by atoms with van der Waals surface area (Å²) in [6.07, 6.45) is 1.21. The minimum absolute atomic E-state index is 0.0648. The summed E-state index contributed by atoms with van der Waals surface area (Å²) in [5, 5.41) is 31.6. The Morgan fingerprint density at radius 2 is 1.64 bits per heavy atom. The zero-order valence-electron chi connectivity index (χ0n) is 6.54. The van der Waals surface area contributed by atoms with Crippen LogP contribution in [0.15, 0.2) is 6.20 Å². The van der Waals surface area contributed by atoms with E-state index in [1.807, 2.05) is 0 Å². The van der Waals surface area contributed by atoms with E-state index in [0.717, 1.165) is 0 Å². The average molecular weight is 203 g/mol. The van der Waals surface area contributed by atoms with E-state index < -0.39 is 17.9 Å². The lowest BCUT2D eigenvalue weighted by atomic mass is 10.5. The lowest BCUT2D eigenvalue weighted by Gasteiger charge is -1.75. The van der Waals surface area contributed by atoms with Gasteiger partial charge in [0, 0.05) is 0 Å². The minimum Gasteiger partial charge on any atom is -0.476 e. The topological polar surface area (TPSA) is 153 Å². The van der Waals surface area contributed by atoms with Crippen molar-refractivity contribution in [2.45, 2.75) is 0 Å². The number of H-pyrrole nitrogens is 1. The first-order valence-corrected chi connectivity index (χ1v) is 3.01. The summed E-state index contributed by atoms with van der Waals surface area (Å²) in [4.78, 5) is 28.1. The Morgan fingerprint density at radius 1 is 1.14 bits per heavy atom. The van der Waals surface area contributed by atoms with Crippen molar-refractivity contribution in [2.75, 3.05) is 0 Å². The van der Waals surface area contributed by atoms with Gasteiger partial charge in [0.05, 0.1) is 6.20 Å². The van der Waals surface area contributed by atoms with Crippen LogP contribution < -0.4 is 0 Å². The van der Waals surface area contributed by atoms with Crippen LogP contribution in [0.3, 0.4) is 0 Å². The number of hydrogen-bond donors (Lipinski definition) is 4. The third kappa shape index (κ3) is 4.43. The summed E-state index contributed by atoms with van der Waals surface area (Å²) in [5.41, 5.74) is -0.0648. The number of nitrogens with zero attached hydrogens (tertiary/aromatic N) is 2. The monoisotopic (exact) mass is 203 g/mol. The molecule has 0 aliphatic rings. The molecule has 0 unspecified atom stereocenters. The summed E-state index contributed by atoms with van der Waals surface area (Å²) in [5.74, 6) is -4.72. The predicted molar refractivity (Wildman–Crippen MR) is 38.6 cm³/mol. The van der Waals surface area contributed by atoms with Crippen molar-refractivity contribution in [2.24, 2.45) is 0 Å². The van der Waals surface area contributed by atoms with Gasteiger partial charge >= 0.3 is 17.9 Å². The van der Waals surface area contributed by atoms with Gasteiger partial charge in [-0.2, -0.15) is 0 Å². The zero-order valence-corrected chi connectivity index (χ0v) is 6.54. The summed E-state index contributed by atoms with van der Waals surface area (Å²) >= 11 is 0. The van der Waals surface area contributed by atoms with E-state index in [9.17, 15) is 4.79 Å². The molecule has 1 aromatic heterocycles. The van der Waals surface area contributed by atoms with Crippen LogP contribution in [0.5, 0.6) is 0 Å². The third-order valence-electron chi connectivity index (χ3n) is 0.819. The maximum absolute atomic E-state index is 9.94. The first-order chi connectivity index (χ1) is 6.45. The average Bonchev–Trinajstić information content (AvgIpc) is 2.56. The van der Waals surface area contributed by atoms with Crippen LogP contribution in [0.1, 0.15) is 10.5 Å². The van der Waals surface area contributed by atoms with Gasteiger partial charge in [-0.25, -0.2) is 14.4 Å². The van der Waals surface area contributed by atoms with Crippen molar-refractivity contribution in [3.63, 3.8) is 0 Å². The Hall–Kier alpha value is -2.45. The fourth-order valence-corrected chi connectivity index (χ4v) is 0.306. The van der Waals surface area contributed by atoms with Crippen molar-refractivity contribution in [3.05, 3.63) is 11.9 Å². The highest BCUT2D eigenvalue weighted by Gasteiger charge is 2.04. The van der Waals surface area contributed by atoms with Crippen molar-refractivity contribution in [1.29, 1.82) is 0 Å². The summed E-state index contributed by atoms with van der Waals surface area (Å²) < 4.78 is 0. The Kier molecular flexibility index (Phi) is 4.32. The molecule has 0 aliphatic carbocycles. The maximum atomic E-state index is 9.94. The molecule has 0 spiro atoms. The van der Waals surface area contributed by atoms with Crippen LogP contribution in [-0.2, 0) is 9.59 Å². The van der Waals surface area contributed by atoms with E-state index in [1.165, 1.54) is 6.20 Å². The molecule has 1 heterocycles. The molecule has 0 radical (unpaired) electrons. The molecule has 0 fully saturated rings. The number of carbonyl (C=O) groups is 3. The Labute approximate surface area is 76.0 Å². The first kappa shape index (κ1) is 11.5. The maximum Gasteiger partial charge on any atom is 0.414 e. The molecule has 9 nitrogen and oxygen atoms in total. The highest BCUT2D eigenvalue weighted by atomic mass is 16.4. The lowest BCUT2D eigenvalue weighted by molar-refractivity contribution is -0.159. The lowest BCUT2D eigenvalue weighted by Crippen LogP contribution is -2.09. The van der Waals surface area contributed by atoms with Crippen LogP contribution in [-0.4, -0.2) is 48.6 Å². The second kappa shape index (κ2) is 5.24. The van der Waals surface area contributed by atoms with Gasteiger partial charge in [-0.15, -0.1) is 5.10 Å². The van der Waals surface area contributed by atoms with E-state index >= 15 is 0 Å². The number of aliphatic carboxylic acids is 2. The standard InChI is InChI=1S/C3H3N3O2.C2H2O4/c7-3(8)2-1-4-6-5-2;3-1(4)2(5)6/h1H,(H,7,8)(H,4,5,6);(H,3,4)(H,5,6). The molecule has 0 bridgehead atoms. The zero-order chi connectivity index (χ0) is 11.1. The van der Waals surface area contributed by atoms with Gasteiger partial charge < -0.3 is 15.3 Å². The molecule has 0 saturated carbocycles. The predicted octanol–water partition coefficient (Wildman–Crippen LogP) is -1.34. The van der Waals surface area contributed by atoms with Gasteiger partial charge in [0.15, 0.2) is 5.69 Å². The number of aromatic nitrogens is 3. The summed E-state index contributed by atoms with van der Waals surface area (Å²) in [7, 11) is 0. The van der Waals surface area contributed by atoms with Gasteiger partial charge in [-0.05, 0) is 0 Å². The smallest absolute Gasteiger partial charge is 0.414 e.